The zero-order valence-electron chi connectivity index (χ0n) is 17.3. The van der Waals surface area contributed by atoms with Gasteiger partial charge in [-0.05, 0) is 32.6 Å². The first-order valence-electron chi connectivity index (χ1n) is 10.4. The highest BCUT2D eigenvalue weighted by Crippen LogP contribution is 2.30. The van der Waals surface area contributed by atoms with Crippen LogP contribution in [-0.4, -0.2) is 49.8 Å². The van der Waals surface area contributed by atoms with Gasteiger partial charge in [0.15, 0.2) is 5.82 Å². The molecule has 0 N–H and O–H groups in total. The van der Waals surface area contributed by atoms with E-state index in [1.54, 1.807) is 13.8 Å². The number of nitrogens with zero attached hydrogens (tertiary/aromatic N) is 5. The molecule has 0 spiro atoms. The number of carbonyl (C=O) groups is 2. The second kappa shape index (κ2) is 7.93. The summed E-state index contributed by atoms with van der Waals surface area (Å²) in [6.07, 6.45) is 6.16. The van der Waals surface area contributed by atoms with Crippen molar-refractivity contribution in [3.63, 3.8) is 0 Å². The summed E-state index contributed by atoms with van der Waals surface area (Å²) in [5.74, 6) is 1.31. The average molecular weight is 397 g/mol. The summed E-state index contributed by atoms with van der Waals surface area (Å²) in [5.41, 5.74) is 3.22. The first-order chi connectivity index (χ1) is 14.0. The molecule has 0 saturated carbocycles. The van der Waals surface area contributed by atoms with Gasteiger partial charge in [0.05, 0.1) is 17.4 Å². The number of rotatable bonds is 3. The third-order valence-corrected chi connectivity index (χ3v) is 5.93. The van der Waals surface area contributed by atoms with Gasteiger partial charge in [-0.25, -0.2) is 9.97 Å². The quantitative estimate of drug-likeness (QED) is 0.790. The Kier molecular flexibility index (Phi) is 5.34. The standard InChI is InChI=1S/C21H27N5O3/c1-4-16-19(13(2)29-24-16)21(28)25-10-8-17-15(12-25)11-22-20(23-17)18-7-5-6-9-26(18)14(3)27/h11,18H,4-10,12H2,1-3H3/t18-/m0/s1. The van der Waals surface area contributed by atoms with Gasteiger partial charge in [0.2, 0.25) is 5.91 Å². The van der Waals surface area contributed by atoms with Gasteiger partial charge in [0, 0.05) is 44.7 Å². The van der Waals surface area contributed by atoms with Gasteiger partial charge in [-0.3, -0.25) is 9.59 Å². The zero-order valence-corrected chi connectivity index (χ0v) is 17.3. The van der Waals surface area contributed by atoms with Gasteiger partial charge >= 0.3 is 0 Å². The first kappa shape index (κ1) is 19.5. The second-order valence-electron chi connectivity index (χ2n) is 7.81. The average Bonchev–Trinajstić information content (AvgIpc) is 3.12. The Morgan fingerprint density at radius 1 is 1.28 bits per heavy atom. The van der Waals surface area contributed by atoms with Crippen LogP contribution in [0.3, 0.4) is 0 Å². The molecule has 154 valence electrons. The third kappa shape index (κ3) is 3.63. The molecule has 0 aliphatic carbocycles. The third-order valence-electron chi connectivity index (χ3n) is 5.93. The Morgan fingerprint density at radius 2 is 2.10 bits per heavy atom. The minimum absolute atomic E-state index is 0.0435. The molecule has 2 aliphatic rings. The fraction of sp³-hybridized carbons (Fsp3) is 0.571. The summed E-state index contributed by atoms with van der Waals surface area (Å²) < 4.78 is 5.23. The SMILES string of the molecule is CCc1noc(C)c1C(=O)N1CCc2nc([C@@H]3CCCCN3C(C)=O)ncc2C1. The van der Waals surface area contributed by atoms with Gasteiger partial charge in [0.25, 0.3) is 5.91 Å². The summed E-state index contributed by atoms with van der Waals surface area (Å²) in [5, 5.41) is 4.00. The number of hydrogen-bond donors (Lipinski definition) is 0. The maximum absolute atomic E-state index is 13.0. The number of hydrogen-bond acceptors (Lipinski definition) is 6. The summed E-state index contributed by atoms with van der Waals surface area (Å²) in [7, 11) is 0. The highest BCUT2D eigenvalue weighted by atomic mass is 16.5. The maximum atomic E-state index is 13.0. The van der Waals surface area contributed by atoms with Crippen molar-refractivity contribution in [1.82, 2.24) is 24.9 Å². The molecule has 0 unspecified atom stereocenters. The predicted octanol–water partition coefficient (Wildman–Crippen LogP) is 2.61. The van der Waals surface area contributed by atoms with E-state index in [9.17, 15) is 9.59 Å². The number of aryl methyl sites for hydroxylation is 2. The van der Waals surface area contributed by atoms with Crippen LogP contribution in [0.15, 0.2) is 10.7 Å². The van der Waals surface area contributed by atoms with E-state index in [1.165, 1.54) is 0 Å². The van der Waals surface area contributed by atoms with Crippen LogP contribution in [0, 0.1) is 6.92 Å². The lowest BCUT2D eigenvalue weighted by Gasteiger charge is -2.35. The van der Waals surface area contributed by atoms with Gasteiger partial charge in [-0.2, -0.15) is 0 Å². The van der Waals surface area contributed by atoms with Crippen molar-refractivity contribution in [2.75, 3.05) is 13.1 Å². The molecule has 2 aromatic rings. The molecular formula is C21H27N5O3. The van der Waals surface area contributed by atoms with Crippen LogP contribution in [0.5, 0.6) is 0 Å². The van der Waals surface area contributed by atoms with E-state index < -0.39 is 0 Å². The number of fused-ring (bicyclic) bond motifs is 1. The van der Waals surface area contributed by atoms with Crippen LogP contribution in [-0.2, 0) is 24.2 Å². The van der Waals surface area contributed by atoms with E-state index in [4.69, 9.17) is 9.51 Å². The van der Waals surface area contributed by atoms with Crippen molar-refractivity contribution < 1.29 is 14.1 Å². The Hall–Kier alpha value is -2.77. The van der Waals surface area contributed by atoms with E-state index in [0.717, 1.165) is 42.9 Å². The van der Waals surface area contributed by atoms with Crippen molar-refractivity contribution in [3.8, 4) is 0 Å². The Morgan fingerprint density at radius 3 is 2.86 bits per heavy atom. The monoisotopic (exact) mass is 397 g/mol. The van der Waals surface area contributed by atoms with Crippen LogP contribution < -0.4 is 0 Å². The number of amides is 2. The van der Waals surface area contributed by atoms with E-state index in [2.05, 4.69) is 10.1 Å². The van der Waals surface area contributed by atoms with Gasteiger partial charge in [-0.1, -0.05) is 12.1 Å². The Balaban J connectivity index is 1.54. The molecule has 8 nitrogen and oxygen atoms in total. The largest absolute Gasteiger partial charge is 0.361 e. The van der Waals surface area contributed by atoms with E-state index in [1.807, 2.05) is 22.9 Å². The van der Waals surface area contributed by atoms with Crippen LogP contribution in [0.1, 0.15) is 78.0 Å². The highest BCUT2D eigenvalue weighted by molar-refractivity contribution is 5.96. The molecule has 2 amide bonds. The van der Waals surface area contributed by atoms with Gasteiger partial charge in [0.1, 0.15) is 11.3 Å². The van der Waals surface area contributed by atoms with Crippen LogP contribution in [0.2, 0.25) is 0 Å². The Bertz CT molecular complexity index is 938. The Labute approximate surface area is 170 Å². The summed E-state index contributed by atoms with van der Waals surface area (Å²) in [6, 6.07) is -0.0435. The zero-order chi connectivity index (χ0) is 20.5. The van der Waals surface area contributed by atoms with E-state index in [0.29, 0.717) is 42.9 Å². The van der Waals surface area contributed by atoms with E-state index in [-0.39, 0.29) is 17.9 Å². The second-order valence-corrected chi connectivity index (χ2v) is 7.81. The summed E-state index contributed by atoms with van der Waals surface area (Å²) >= 11 is 0. The van der Waals surface area contributed by atoms with Crippen LogP contribution in [0.25, 0.3) is 0 Å². The van der Waals surface area contributed by atoms with Crippen molar-refractivity contribution >= 4 is 11.8 Å². The van der Waals surface area contributed by atoms with Gasteiger partial charge < -0.3 is 14.3 Å². The molecule has 8 heteroatoms. The molecule has 2 aromatic heterocycles. The predicted molar refractivity (Wildman–Crippen MR) is 105 cm³/mol. The lowest BCUT2D eigenvalue weighted by atomic mass is 10.00. The molecule has 0 bridgehead atoms. The fourth-order valence-electron chi connectivity index (χ4n) is 4.33. The smallest absolute Gasteiger partial charge is 0.259 e. The van der Waals surface area contributed by atoms with Crippen molar-refractivity contribution in [3.05, 3.63) is 40.3 Å². The molecule has 0 aromatic carbocycles. The molecule has 1 fully saturated rings. The normalized spacial score (nSPS) is 19.2. The minimum atomic E-state index is -0.0506. The molecule has 2 aliphatic heterocycles. The topological polar surface area (TPSA) is 92.4 Å². The molecular weight excluding hydrogens is 370 g/mol. The highest BCUT2D eigenvalue weighted by Gasteiger charge is 2.31. The molecule has 1 atom stereocenters. The van der Waals surface area contributed by atoms with Crippen molar-refractivity contribution in [2.24, 2.45) is 0 Å². The molecule has 1 saturated heterocycles. The minimum Gasteiger partial charge on any atom is -0.361 e. The molecule has 29 heavy (non-hydrogen) atoms. The van der Waals surface area contributed by atoms with Gasteiger partial charge in [-0.15, -0.1) is 0 Å². The number of aromatic nitrogens is 3. The van der Waals surface area contributed by atoms with Crippen molar-refractivity contribution in [1.29, 1.82) is 0 Å². The molecule has 4 rings (SSSR count). The summed E-state index contributed by atoms with van der Waals surface area (Å²) in [4.78, 5) is 38.1. The summed E-state index contributed by atoms with van der Waals surface area (Å²) in [6.45, 7) is 7.18. The number of carbonyl (C=O) groups excluding carboxylic acids is 2. The number of piperidine rings is 1. The maximum Gasteiger partial charge on any atom is 0.259 e. The lowest BCUT2D eigenvalue weighted by molar-refractivity contribution is -0.132. The lowest BCUT2D eigenvalue weighted by Crippen LogP contribution is -2.39. The first-order valence-corrected chi connectivity index (χ1v) is 10.4. The van der Waals surface area contributed by atoms with Crippen molar-refractivity contribution in [2.45, 2.75) is 65.5 Å². The van der Waals surface area contributed by atoms with Crippen LogP contribution >= 0.6 is 0 Å². The number of likely N-dealkylation sites (tertiary alicyclic amines) is 1. The van der Waals surface area contributed by atoms with E-state index >= 15 is 0 Å². The molecule has 4 heterocycles. The molecule has 0 radical (unpaired) electrons. The fourth-order valence-corrected chi connectivity index (χ4v) is 4.33. The van der Waals surface area contributed by atoms with Crippen LogP contribution in [0.4, 0.5) is 0 Å².